The van der Waals surface area contributed by atoms with Crippen LogP contribution in [0.1, 0.15) is 57.7 Å². The maximum absolute atomic E-state index is 5.94. The summed E-state index contributed by atoms with van der Waals surface area (Å²) in [6.07, 6.45) is 4.01. The summed E-state index contributed by atoms with van der Waals surface area (Å²) in [5.74, 6) is 2.65. The highest BCUT2D eigenvalue weighted by atomic mass is 127. The Morgan fingerprint density at radius 2 is 2.07 bits per heavy atom. The van der Waals surface area contributed by atoms with Crippen LogP contribution in [0.2, 0.25) is 0 Å². The molecule has 0 bridgehead atoms. The van der Waals surface area contributed by atoms with E-state index in [1.165, 1.54) is 0 Å². The lowest BCUT2D eigenvalue weighted by atomic mass is 10.1. The number of methoxy groups -OCH3 is 1. The largest absolute Gasteiger partial charge is 0.385 e. The third-order valence-electron chi connectivity index (χ3n) is 4.51. The number of guanidine groups is 1. The van der Waals surface area contributed by atoms with E-state index in [4.69, 9.17) is 19.0 Å². The Morgan fingerprint density at radius 3 is 2.68 bits per heavy atom. The van der Waals surface area contributed by atoms with Crippen LogP contribution < -0.4 is 5.32 Å². The Labute approximate surface area is 185 Å². The van der Waals surface area contributed by atoms with E-state index >= 15 is 0 Å². The number of likely N-dealkylation sites (tertiary alicyclic amines) is 1. The van der Waals surface area contributed by atoms with Gasteiger partial charge in [0.25, 0.3) is 0 Å². The molecule has 2 heterocycles. The molecule has 0 radical (unpaired) electrons. The normalized spacial score (nSPS) is 15.8. The zero-order valence-electron chi connectivity index (χ0n) is 17.6. The monoisotopic (exact) mass is 509 g/mol. The van der Waals surface area contributed by atoms with Gasteiger partial charge in [-0.05, 0) is 26.2 Å². The smallest absolute Gasteiger partial charge is 0.228 e. The fourth-order valence-electron chi connectivity index (χ4n) is 2.97. The summed E-state index contributed by atoms with van der Waals surface area (Å²) in [5.41, 5.74) is 0. The quantitative estimate of drug-likeness (QED) is 0.225. The standard InChI is InChI=1S/C19H35N5O3.HI/c1-5-20-19(21-10-7-17-22-18(15(2)3)23-27-17)24-11-8-16(9-12-24)26-14-6-13-25-4;/h15-16H,5-14H2,1-4H3,(H,20,21);1H. The van der Waals surface area contributed by atoms with Crippen LogP contribution in [0.25, 0.3) is 0 Å². The van der Waals surface area contributed by atoms with Crippen LogP contribution in [0.5, 0.6) is 0 Å². The van der Waals surface area contributed by atoms with Gasteiger partial charge >= 0.3 is 0 Å². The van der Waals surface area contributed by atoms with Gasteiger partial charge in [0.1, 0.15) is 0 Å². The first-order chi connectivity index (χ1) is 13.1. The number of aromatic nitrogens is 2. The average Bonchev–Trinajstić information content (AvgIpc) is 3.14. The summed E-state index contributed by atoms with van der Waals surface area (Å²) in [4.78, 5) is 11.5. The van der Waals surface area contributed by atoms with E-state index in [9.17, 15) is 0 Å². The van der Waals surface area contributed by atoms with Gasteiger partial charge in [0.05, 0.1) is 12.6 Å². The lowest BCUT2D eigenvalue weighted by Gasteiger charge is -2.34. The molecule has 1 aromatic heterocycles. The van der Waals surface area contributed by atoms with Gasteiger partial charge in [-0.2, -0.15) is 4.98 Å². The number of ether oxygens (including phenoxy) is 2. The van der Waals surface area contributed by atoms with Crippen LogP contribution >= 0.6 is 24.0 Å². The van der Waals surface area contributed by atoms with Crippen molar-refractivity contribution in [1.29, 1.82) is 0 Å². The summed E-state index contributed by atoms with van der Waals surface area (Å²) in [5, 5.41) is 7.39. The molecule has 0 saturated carbocycles. The third kappa shape index (κ3) is 8.60. The van der Waals surface area contributed by atoms with Crippen molar-refractivity contribution >= 4 is 29.9 Å². The van der Waals surface area contributed by atoms with Gasteiger partial charge in [-0.3, -0.25) is 4.99 Å². The van der Waals surface area contributed by atoms with E-state index in [1.54, 1.807) is 7.11 Å². The summed E-state index contributed by atoms with van der Waals surface area (Å²) < 4.78 is 16.3. The molecule has 0 aliphatic carbocycles. The summed E-state index contributed by atoms with van der Waals surface area (Å²) in [6, 6.07) is 0. The zero-order valence-corrected chi connectivity index (χ0v) is 20.0. The molecule has 162 valence electrons. The zero-order chi connectivity index (χ0) is 19.5. The van der Waals surface area contributed by atoms with Crippen molar-refractivity contribution in [2.24, 2.45) is 4.99 Å². The Balaban J connectivity index is 0.00000392. The molecule has 0 unspecified atom stereocenters. The van der Waals surface area contributed by atoms with E-state index in [0.29, 0.717) is 25.0 Å². The minimum Gasteiger partial charge on any atom is -0.385 e. The Bertz CT molecular complexity index is 560. The molecule has 1 aliphatic heterocycles. The minimum atomic E-state index is 0. The number of nitrogens with one attached hydrogen (secondary N) is 1. The van der Waals surface area contributed by atoms with E-state index in [2.05, 4.69) is 41.1 Å². The maximum atomic E-state index is 5.94. The van der Waals surface area contributed by atoms with Gasteiger partial charge in [-0.15, -0.1) is 24.0 Å². The van der Waals surface area contributed by atoms with Crippen LogP contribution in [0.3, 0.4) is 0 Å². The molecule has 8 nitrogen and oxygen atoms in total. The van der Waals surface area contributed by atoms with E-state index in [1.807, 2.05) is 0 Å². The highest BCUT2D eigenvalue weighted by Crippen LogP contribution is 2.14. The predicted octanol–water partition coefficient (Wildman–Crippen LogP) is 2.84. The molecule has 1 saturated heterocycles. The summed E-state index contributed by atoms with van der Waals surface area (Å²) >= 11 is 0. The van der Waals surface area contributed by atoms with E-state index in [-0.39, 0.29) is 29.9 Å². The van der Waals surface area contributed by atoms with Crippen molar-refractivity contribution in [3.63, 3.8) is 0 Å². The molecule has 0 atom stereocenters. The van der Waals surface area contributed by atoms with Crippen molar-refractivity contribution < 1.29 is 14.0 Å². The first-order valence-electron chi connectivity index (χ1n) is 10.1. The summed E-state index contributed by atoms with van der Waals surface area (Å²) in [6.45, 7) is 11.1. The van der Waals surface area contributed by atoms with Crippen LogP contribution in [0.15, 0.2) is 9.52 Å². The average molecular weight is 509 g/mol. The van der Waals surface area contributed by atoms with Gasteiger partial charge in [0.2, 0.25) is 5.89 Å². The Kier molecular flexibility index (Phi) is 12.6. The second kappa shape index (κ2) is 14.1. The fourth-order valence-corrected chi connectivity index (χ4v) is 2.97. The molecule has 1 aliphatic rings. The second-order valence-electron chi connectivity index (χ2n) is 7.09. The Morgan fingerprint density at radius 1 is 1.32 bits per heavy atom. The van der Waals surface area contributed by atoms with Crippen molar-refractivity contribution in [2.75, 3.05) is 46.5 Å². The van der Waals surface area contributed by atoms with Crippen LogP contribution in [0, 0.1) is 0 Å². The first-order valence-corrected chi connectivity index (χ1v) is 10.1. The van der Waals surface area contributed by atoms with Crippen molar-refractivity contribution in [2.45, 2.75) is 58.5 Å². The Hall–Kier alpha value is -0.940. The third-order valence-corrected chi connectivity index (χ3v) is 4.51. The van der Waals surface area contributed by atoms with Crippen LogP contribution in [-0.2, 0) is 15.9 Å². The minimum absolute atomic E-state index is 0. The molecule has 28 heavy (non-hydrogen) atoms. The second-order valence-corrected chi connectivity index (χ2v) is 7.09. The van der Waals surface area contributed by atoms with Crippen LogP contribution in [0.4, 0.5) is 0 Å². The number of piperidine rings is 1. The number of rotatable bonds is 10. The molecule has 9 heteroatoms. The number of hydrogen-bond donors (Lipinski definition) is 1. The maximum Gasteiger partial charge on any atom is 0.228 e. The van der Waals surface area contributed by atoms with Gasteiger partial charge in [0.15, 0.2) is 11.8 Å². The number of nitrogens with zero attached hydrogens (tertiary/aromatic N) is 4. The number of aliphatic imine (C=N–C) groups is 1. The molecule has 1 aromatic rings. The predicted molar refractivity (Wildman–Crippen MR) is 121 cm³/mol. The van der Waals surface area contributed by atoms with Crippen LogP contribution in [-0.4, -0.2) is 73.6 Å². The van der Waals surface area contributed by atoms with Gasteiger partial charge < -0.3 is 24.2 Å². The number of halogens is 1. The lowest BCUT2D eigenvalue weighted by Crippen LogP contribution is -2.47. The molecule has 1 N–H and O–H groups in total. The van der Waals surface area contributed by atoms with Crippen molar-refractivity contribution in [3.05, 3.63) is 11.7 Å². The summed E-state index contributed by atoms with van der Waals surface area (Å²) in [7, 11) is 1.72. The van der Waals surface area contributed by atoms with Crippen molar-refractivity contribution in [1.82, 2.24) is 20.4 Å². The van der Waals surface area contributed by atoms with E-state index < -0.39 is 0 Å². The SMILES string of the molecule is CCNC(=NCCc1nc(C(C)C)no1)N1CCC(OCCCOC)CC1.I. The molecular formula is C19H36IN5O3. The molecule has 0 spiro atoms. The molecule has 2 rings (SSSR count). The number of hydrogen-bond acceptors (Lipinski definition) is 6. The van der Waals surface area contributed by atoms with Gasteiger partial charge in [0, 0.05) is 52.3 Å². The van der Waals surface area contributed by atoms with Gasteiger partial charge in [-0.1, -0.05) is 19.0 Å². The molecular weight excluding hydrogens is 473 g/mol. The highest BCUT2D eigenvalue weighted by Gasteiger charge is 2.21. The van der Waals surface area contributed by atoms with Gasteiger partial charge in [-0.25, -0.2) is 0 Å². The molecule has 0 amide bonds. The first kappa shape index (κ1) is 25.1. The topological polar surface area (TPSA) is 85.0 Å². The molecule has 1 fully saturated rings. The van der Waals surface area contributed by atoms with E-state index in [0.717, 1.165) is 63.9 Å². The highest BCUT2D eigenvalue weighted by molar-refractivity contribution is 14.0. The fraction of sp³-hybridized carbons (Fsp3) is 0.842. The lowest BCUT2D eigenvalue weighted by molar-refractivity contribution is 0.00991. The molecule has 0 aromatic carbocycles. The van der Waals surface area contributed by atoms with Crippen molar-refractivity contribution in [3.8, 4) is 0 Å².